The number of hydrogen-bond acceptors (Lipinski definition) is 0. The Labute approximate surface area is 100 Å². The first kappa shape index (κ1) is 27.2. The van der Waals surface area contributed by atoms with Crippen molar-refractivity contribution < 1.29 is 51.4 Å². The molecule has 2 radical (unpaired) electrons. The van der Waals surface area contributed by atoms with Crippen molar-refractivity contribution >= 4 is 51.4 Å². The molecule has 4 heteroatoms. The summed E-state index contributed by atoms with van der Waals surface area (Å²) < 4.78 is 0. The molecule has 0 fully saturated rings. The van der Waals surface area contributed by atoms with Gasteiger partial charge in [0.25, 0.3) is 0 Å². The smallest absolute Gasteiger partial charge is 2.00 e. The normalized spacial score (nSPS) is 0. The summed E-state index contributed by atoms with van der Waals surface area (Å²) in [6.45, 7) is 0. The molecule has 4 heavy (non-hydrogen) atoms. The molecule has 0 atom stereocenters. The molecular formula is KS2Sb. The van der Waals surface area contributed by atoms with Gasteiger partial charge in [0.05, 0.1) is 0 Å². The summed E-state index contributed by atoms with van der Waals surface area (Å²) in [7, 11) is 0. The third kappa shape index (κ3) is 8.94. The maximum absolute atomic E-state index is 0. The Morgan fingerprint density at radius 2 is 0.750 bits per heavy atom. The van der Waals surface area contributed by atoms with Crippen molar-refractivity contribution in [2.75, 3.05) is 0 Å². The van der Waals surface area contributed by atoms with E-state index in [0.717, 1.165) is 0 Å². The molecule has 0 heterocycles. The zero-order valence-corrected chi connectivity index (χ0v) is 9.57. The maximum atomic E-state index is 0. The van der Waals surface area contributed by atoms with Crippen LogP contribution in [-0.2, 0) is 27.0 Å². The van der Waals surface area contributed by atoms with Gasteiger partial charge in [-0.1, -0.05) is 0 Å². The van der Waals surface area contributed by atoms with Gasteiger partial charge in [-0.2, -0.15) is 0 Å². The summed E-state index contributed by atoms with van der Waals surface area (Å²) in [5, 5.41) is 0. The Balaban J connectivity index is 0. The molecule has 18 valence electrons. The predicted molar refractivity (Wildman–Crippen MR) is 20.5 cm³/mol. The van der Waals surface area contributed by atoms with Crippen LogP contribution in [0.25, 0.3) is 0 Å². The van der Waals surface area contributed by atoms with Crippen LogP contribution in [0.1, 0.15) is 0 Å². The third-order valence-corrected chi connectivity index (χ3v) is 0. The monoisotopic (exact) mass is 224 g/mol. The SMILES string of the molecule is [K+].[S-2].[S-2].[Sb+3]. The van der Waals surface area contributed by atoms with Gasteiger partial charge in [-0.15, -0.1) is 0 Å². The van der Waals surface area contributed by atoms with Crippen molar-refractivity contribution in [3.63, 3.8) is 0 Å². The van der Waals surface area contributed by atoms with E-state index in [1.165, 1.54) is 0 Å². The van der Waals surface area contributed by atoms with Crippen molar-refractivity contribution in [2.24, 2.45) is 0 Å². The molecule has 0 unspecified atom stereocenters. The molecular weight excluding hydrogens is 225 g/mol. The Hall–Kier alpha value is 3.15. The Bertz CT molecular complexity index is 6.00. The molecule has 0 rings (SSSR count). The van der Waals surface area contributed by atoms with Gasteiger partial charge in [-0.25, -0.2) is 0 Å². The third-order valence-electron chi connectivity index (χ3n) is 0. The Morgan fingerprint density at radius 3 is 0.750 bits per heavy atom. The topological polar surface area (TPSA) is 0 Å². The van der Waals surface area contributed by atoms with Crippen LogP contribution in [-0.4, -0.2) is 24.4 Å². The van der Waals surface area contributed by atoms with Crippen LogP contribution in [0.5, 0.6) is 0 Å². The standard InChI is InChI=1S/K.2S.Sb/q+1;2*-2;+3. The zero-order valence-electron chi connectivity index (χ0n) is 2.26. The summed E-state index contributed by atoms with van der Waals surface area (Å²) in [5.74, 6) is 0. The first-order chi connectivity index (χ1) is 0. The fourth-order valence-corrected chi connectivity index (χ4v) is 0. The van der Waals surface area contributed by atoms with Gasteiger partial charge in [0.2, 0.25) is 0 Å². The molecule has 0 bridgehead atoms. The van der Waals surface area contributed by atoms with E-state index in [0.29, 0.717) is 0 Å². The largest absolute Gasteiger partial charge is 3.00 e. The minimum atomic E-state index is 0. The van der Waals surface area contributed by atoms with Gasteiger partial charge < -0.3 is 27.0 Å². The Morgan fingerprint density at radius 1 is 0.750 bits per heavy atom. The number of rotatable bonds is 0. The maximum Gasteiger partial charge on any atom is 3.00 e. The van der Waals surface area contributed by atoms with Crippen LogP contribution in [0, 0.1) is 0 Å². The second-order valence-corrected chi connectivity index (χ2v) is 0. The van der Waals surface area contributed by atoms with E-state index >= 15 is 0 Å². The molecule has 0 nitrogen and oxygen atoms in total. The average molecular weight is 225 g/mol. The molecule has 0 aromatic heterocycles. The van der Waals surface area contributed by atoms with Crippen LogP contribution in [0.4, 0.5) is 0 Å². The quantitative estimate of drug-likeness (QED) is 0.377. The van der Waals surface area contributed by atoms with Crippen molar-refractivity contribution in [3.8, 4) is 0 Å². The average Bonchev–Trinajstić information content (AvgIpc) is 0. The molecule has 0 N–H and O–H groups in total. The van der Waals surface area contributed by atoms with E-state index in [4.69, 9.17) is 0 Å². The van der Waals surface area contributed by atoms with E-state index < -0.39 is 0 Å². The molecule has 0 aromatic carbocycles. The fraction of sp³-hybridized carbons (Fsp3) is 0. The summed E-state index contributed by atoms with van der Waals surface area (Å²) >= 11 is 0. The predicted octanol–water partition coefficient (Wildman–Crippen LogP) is -3.38. The van der Waals surface area contributed by atoms with Gasteiger partial charge >= 0.3 is 75.8 Å². The first-order valence-corrected chi connectivity index (χ1v) is 0. The van der Waals surface area contributed by atoms with E-state index in [1.807, 2.05) is 0 Å². The molecule has 0 aliphatic carbocycles. The number of hydrogen-bond donors (Lipinski definition) is 0. The van der Waals surface area contributed by atoms with Gasteiger partial charge in [-0.3, -0.25) is 0 Å². The summed E-state index contributed by atoms with van der Waals surface area (Å²) in [4.78, 5) is 0. The summed E-state index contributed by atoms with van der Waals surface area (Å²) in [6, 6.07) is 0. The van der Waals surface area contributed by atoms with E-state index in [1.54, 1.807) is 0 Å². The van der Waals surface area contributed by atoms with Crippen molar-refractivity contribution in [3.05, 3.63) is 0 Å². The summed E-state index contributed by atoms with van der Waals surface area (Å²) in [5.41, 5.74) is 0. The Kier molecular flexibility index (Phi) is 112. The van der Waals surface area contributed by atoms with Crippen molar-refractivity contribution in [2.45, 2.75) is 0 Å². The van der Waals surface area contributed by atoms with Crippen LogP contribution in [0.2, 0.25) is 0 Å². The van der Waals surface area contributed by atoms with Gasteiger partial charge in [0.1, 0.15) is 0 Å². The molecule has 0 aliphatic heterocycles. The molecule has 0 spiro atoms. The van der Waals surface area contributed by atoms with Crippen molar-refractivity contribution in [1.82, 2.24) is 0 Å². The molecule has 0 aliphatic rings. The van der Waals surface area contributed by atoms with E-state index in [9.17, 15) is 0 Å². The molecule has 0 amide bonds. The minimum Gasteiger partial charge on any atom is -2.00 e. The van der Waals surface area contributed by atoms with Crippen molar-refractivity contribution in [1.29, 1.82) is 0 Å². The molecule has 0 aromatic rings. The second kappa shape index (κ2) is 16.4. The van der Waals surface area contributed by atoms with Gasteiger partial charge in [0, 0.05) is 0 Å². The summed E-state index contributed by atoms with van der Waals surface area (Å²) in [6.07, 6.45) is 0. The van der Waals surface area contributed by atoms with E-state index in [2.05, 4.69) is 0 Å². The molecule has 0 saturated carbocycles. The zero-order chi connectivity index (χ0) is 0. The van der Waals surface area contributed by atoms with Gasteiger partial charge in [0.15, 0.2) is 0 Å². The minimum absolute atomic E-state index is 0. The molecule has 0 saturated heterocycles. The van der Waals surface area contributed by atoms with Crippen LogP contribution < -0.4 is 51.4 Å². The van der Waals surface area contributed by atoms with Crippen LogP contribution >= 0.6 is 0 Å². The van der Waals surface area contributed by atoms with Crippen LogP contribution in [0.15, 0.2) is 0 Å². The fourth-order valence-electron chi connectivity index (χ4n) is 0. The van der Waals surface area contributed by atoms with E-state index in [-0.39, 0.29) is 103 Å². The second-order valence-electron chi connectivity index (χ2n) is 0. The van der Waals surface area contributed by atoms with Gasteiger partial charge in [-0.05, 0) is 0 Å². The first-order valence-electron chi connectivity index (χ1n) is 0. The van der Waals surface area contributed by atoms with Crippen LogP contribution in [0.3, 0.4) is 0 Å².